The van der Waals surface area contributed by atoms with Gasteiger partial charge in [-0.2, -0.15) is 0 Å². The molecular formula is C8H7AsCl2N2O5. The van der Waals surface area contributed by atoms with Gasteiger partial charge in [0.2, 0.25) is 0 Å². The Morgan fingerprint density at radius 1 is 1.22 bits per heavy atom. The molecule has 0 atom stereocenters. The molecule has 0 bridgehead atoms. The SMILES string of the molecule is CCOc1c([N+](=O)[O-])cc([As](Cl)Cl)cc1[N+](=O)[O-]. The quantitative estimate of drug-likeness (QED) is 0.457. The van der Waals surface area contributed by atoms with Crippen molar-refractivity contribution in [3.63, 3.8) is 0 Å². The third-order valence-electron chi connectivity index (χ3n) is 1.91. The zero-order chi connectivity index (χ0) is 13.9. The van der Waals surface area contributed by atoms with Crippen LogP contribution in [0.3, 0.4) is 0 Å². The molecule has 98 valence electrons. The van der Waals surface area contributed by atoms with Crippen LogP contribution < -0.4 is 9.09 Å². The molecule has 0 radical (unpaired) electrons. The number of hydrogen-bond donors (Lipinski definition) is 0. The maximum absolute atomic E-state index is 10.9. The van der Waals surface area contributed by atoms with E-state index in [4.69, 9.17) is 24.6 Å². The van der Waals surface area contributed by atoms with Crippen molar-refractivity contribution in [2.24, 2.45) is 0 Å². The summed E-state index contributed by atoms with van der Waals surface area (Å²) in [4.78, 5) is 20.2. The number of rotatable bonds is 5. The molecule has 0 heterocycles. The number of nitro benzene ring substituents is 2. The molecule has 1 rings (SSSR count). The molecule has 10 heteroatoms. The number of nitro groups is 2. The summed E-state index contributed by atoms with van der Waals surface area (Å²) in [7, 11) is 11.4. The summed E-state index contributed by atoms with van der Waals surface area (Å²) in [6, 6.07) is 2.25. The van der Waals surface area contributed by atoms with Crippen LogP contribution in [-0.4, -0.2) is 29.2 Å². The van der Waals surface area contributed by atoms with Gasteiger partial charge in [-0.1, -0.05) is 0 Å². The molecule has 0 saturated heterocycles. The summed E-state index contributed by atoms with van der Waals surface area (Å²) < 4.78 is 5.19. The first-order valence-corrected chi connectivity index (χ1v) is 10.5. The van der Waals surface area contributed by atoms with Crippen molar-refractivity contribution in [3.8, 4) is 5.75 Å². The van der Waals surface area contributed by atoms with Gasteiger partial charge < -0.3 is 0 Å². The Labute approximate surface area is 115 Å². The third kappa shape index (κ3) is 3.25. The first kappa shape index (κ1) is 15.0. The van der Waals surface area contributed by atoms with Gasteiger partial charge in [0.05, 0.1) is 0 Å². The normalized spacial score (nSPS) is 10.4. The fraction of sp³-hybridized carbons (Fsp3) is 0.250. The zero-order valence-corrected chi connectivity index (χ0v) is 12.4. The first-order chi connectivity index (χ1) is 8.38. The number of halogens is 2. The second-order valence-electron chi connectivity index (χ2n) is 2.99. The summed E-state index contributed by atoms with van der Waals surface area (Å²) in [5.74, 6) is -0.375. The maximum atomic E-state index is 10.9. The molecule has 0 aromatic heterocycles. The summed E-state index contributed by atoms with van der Waals surface area (Å²) >= 11 is -2.49. The van der Waals surface area contributed by atoms with E-state index in [1.54, 1.807) is 6.92 Å². The second kappa shape index (κ2) is 6.22. The van der Waals surface area contributed by atoms with Crippen molar-refractivity contribution in [2.75, 3.05) is 6.61 Å². The Morgan fingerprint density at radius 2 is 1.67 bits per heavy atom. The zero-order valence-electron chi connectivity index (χ0n) is 9.00. The predicted molar refractivity (Wildman–Crippen MR) is 68.0 cm³/mol. The van der Waals surface area contributed by atoms with Gasteiger partial charge in [-0.3, -0.25) is 0 Å². The Bertz CT molecular complexity index is 461. The summed E-state index contributed by atoms with van der Waals surface area (Å²) in [5.41, 5.74) is -0.997. The van der Waals surface area contributed by atoms with E-state index < -0.39 is 34.0 Å². The monoisotopic (exact) mass is 356 g/mol. The van der Waals surface area contributed by atoms with Crippen molar-refractivity contribution < 1.29 is 14.6 Å². The van der Waals surface area contributed by atoms with Crippen LogP contribution in [0.4, 0.5) is 11.4 Å². The van der Waals surface area contributed by atoms with Gasteiger partial charge in [0.15, 0.2) is 0 Å². The van der Waals surface area contributed by atoms with Gasteiger partial charge >= 0.3 is 115 Å². The van der Waals surface area contributed by atoms with Crippen LogP contribution in [-0.2, 0) is 0 Å². The topological polar surface area (TPSA) is 95.5 Å². The molecule has 0 unspecified atom stereocenters. The van der Waals surface area contributed by atoms with Crippen LogP contribution in [0.25, 0.3) is 0 Å². The Hall–Kier alpha value is -1.04. The molecule has 0 aliphatic rings. The van der Waals surface area contributed by atoms with Gasteiger partial charge in [0.1, 0.15) is 0 Å². The Morgan fingerprint density at radius 3 is 1.94 bits per heavy atom. The molecule has 0 amide bonds. The van der Waals surface area contributed by atoms with Crippen molar-refractivity contribution in [2.45, 2.75) is 6.92 Å². The average molecular weight is 357 g/mol. The van der Waals surface area contributed by atoms with Crippen molar-refractivity contribution in [1.29, 1.82) is 0 Å². The molecule has 0 N–H and O–H groups in total. The van der Waals surface area contributed by atoms with Crippen LogP contribution in [0, 0.1) is 20.2 Å². The molecule has 0 aliphatic heterocycles. The minimum atomic E-state index is -2.49. The standard InChI is InChI=1S/C8H7AsCl2N2O5/c1-2-18-8-6(12(14)15)3-5(9(10)11)4-7(8)13(16)17/h3-4H,2H2,1H3. The predicted octanol–water partition coefficient (Wildman–Crippen LogP) is 2.07. The van der Waals surface area contributed by atoms with E-state index in [1.165, 1.54) is 0 Å². The number of benzene rings is 1. The molecular weight excluding hydrogens is 350 g/mol. The van der Waals surface area contributed by atoms with Crippen molar-refractivity contribution in [1.82, 2.24) is 0 Å². The van der Waals surface area contributed by atoms with E-state index in [0.29, 0.717) is 0 Å². The molecule has 18 heavy (non-hydrogen) atoms. The fourth-order valence-corrected chi connectivity index (χ4v) is 3.18. The van der Waals surface area contributed by atoms with Crippen molar-refractivity contribution >= 4 is 48.4 Å². The average Bonchev–Trinajstić information content (AvgIpc) is 2.28. The van der Waals surface area contributed by atoms with Crippen LogP contribution in [0.1, 0.15) is 6.92 Å². The van der Waals surface area contributed by atoms with Gasteiger partial charge in [0, 0.05) is 0 Å². The summed E-state index contributed by atoms with van der Waals surface area (Å²) in [6.07, 6.45) is 0. The van der Waals surface area contributed by atoms with E-state index >= 15 is 0 Å². The van der Waals surface area contributed by atoms with Gasteiger partial charge in [0.25, 0.3) is 0 Å². The van der Waals surface area contributed by atoms with Crippen LogP contribution >= 0.6 is 19.9 Å². The van der Waals surface area contributed by atoms with Crippen LogP contribution in [0.15, 0.2) is 12.1 Å². The number of nitrogens with zero attached hydrogens (tertiary/aromatic N) is 2. The first-order valence-electron chi connectivity index (χ1n) is 4.59. The van der Waals surface area contributed by atoms with Crippen LogP contribution in [0.5, 0.6) is 5.75 Å². The molecule has 7 nitrogen and oxygen atoms in total. The Kier molecular flexibility index (Phi) is 5.19. The van der Waals surface area contributed by atoms with E-state index in [1.807, 2.05) is 0 Å². The van der Waals surface area contributed by atoms with E-state index in [0.717, 1.165) is 12.1 Å². The fourth-order valence-electron chi connectivity index (χ4n) is 1.25. The molecule has 1 aromatic rings. The number of hydrogen-bond acceptors (Lipinski definition) is 5. The van der Waals surface area contributed by atoms with Gasteiger partial charge in [-0.05, 0) is 0 Å². The Balaban J connectivity index is 3.54. The van der Waals surface area contributed by atoms with Crippen molar-refractivity contribution in [3.05, 3.63) is 32.4 Å². The summed E-state index contributed by atoms with van der Waals surface area (Å²) in [5, 5.41) is 21.8. The van der Waals surface area contributed by atoms with E-state index in [-0.39, 0.29) is 16.7 Å². The molecule has 0 aliphatic carbocycles. The molecule has 0 spiro atoms. The van der Waals surface area contributed by atoms with Crippen LogP contribution in [0.2, 0.25) is 0 Å². The van der Waals surface area contributed by atoms with E-state index in [2.05, 4.69) is 0 Å². The second-order valence-corrected chi connectivity index (χ2v) is 9.47. The van der Waals surface area contributed by atoms with Gasteiger partial charge in [-0.25, -0.2) is 0 Å². The third-order valence-corrected chi connectivity index (χ3v) is 5.30. The number of ether oxygens (including phenoxy) is 1. The molecule has 1 aromatic carbocycles. The summed E-state index contributed by atoms with van der Waals surface area (Å²) in [6.45, 7) is 1.65. The minimum absolute atomic E-state index is 0.0736. The molecule has 0 fully saturated rings. The van der Waals surface area contributed by atoms with Gasteiger partial charge in [-0.15, -0.1) is 0 Å². The van der Waals surface area contributed by atoms with E-state index in [9.17, 15) is 20.2 Å². The molecule has 0 saturated carbocycles.